The number of rotatable bonds is 8. The fourth-order valence-electron chi connectivity index (χ4n) is 3.88. The van der Waals surface area contributed by atoms with E-state index < -0.39 is 17.7 Å². The lowest BCUT2D eigenvalue weighted by Gasteiger charge is -2.21. The monoisotopic (exact) mass is 540 g/mol. The molecule has 4 rings (SSSR count). The topological polar surface area (TPSA) is 77.4 Å². The fraction of sp³-hybridized carbons (Fsp3) is 0.360. The molecule has 11 heteroatoms. The predicted molar refractivity (Wildman–Crippen MR) is 136 cm³/mol. The van der Waals surface area contributed by atoms with Gasteiger partial charge in [0.25, 0.3) is 0 Å². The maximum atomic E-state index is 14.0. The maximum absolute atomic E-state index is 14.0. The zero-order valence-electron chi connectivity index (χ0n) is 19.7. The highest BCUT2D eigenvalue weighted by molar-refractivity contribution is 6.30. The molecular weight excluding hydrogens is 513 g/mol. The van der Waals surface area contributed by atoms with Gasteiger partial charge >= 0.3 is 6.09 Å². The number of hydrogen-bond acceptors (Lipinski definition) is 5. The van der Waals surface area contributed by atoms with E-state index in [4.69, 9.17) is 21.1 Å². The number of hydrogen-bond donors (Lipinski definition) is 2. The van der Waals surface area contributed by atoms with Crippen LogP contribution in [-0.2, 0) is 17.9 Å². The number of anilines is 1. The Hall–Kier alpha value is -2.88. The van der Waals surface area contributed by atoms with Crippen LogP contribution >= 0.6 is 24.0 Å². The molecule has 1 amide bonds. The molecule has 2 heterocycles. The Morgan fingerprint density at radius 1 is 1.17 bits per heavy atom. The standard InChI is InChI=1S/C25H27ClF2N4O3.ClH/c1-16-10-24(30-25(33)35-14-17-6-8-29-9-7-17)31-32(16)13-19-11-20(26)3-5-23(19)34-15-18-2-4-21(27)12-22(18)28;/h2-5,10-12,17,29H,6-9,13-15H2,1H3,(H,30,31,33);1H. The molecule has 0 atom stereocenters. The van der Waals surface area contributed by atoms with Gasteiger partial charge in [0.1, 0.15) is 24.0 Å². The molecule has 0 radical (unpaired) electrons. The van der Waals surface area contributed by atoms with Crippen LogP contribution in [0.25, 0.3) is 0 Å². The Morgan fingerprint density at radius 3 is 2.69 bits per heavy atom. The number of carbonyl (C=O) groups is 1. The molecule has 3 aromatic rings. The van der Waals surface area contributed by atoms with Crippen molar-refractivity contribution in [1.29, 1.82) is 0 Å². The first kappa shape index (κ1) is 27.7. The quantitative estimate of drug-likeness (QED) is 0.382. The molecule has 1 aromatic heterocycles. The zero-order valence-corrected chi connectivity index (χ0v) is 21.3. The fourth-order valence-corrected chi connectivity index (χ4v) is 4.08. The lowest BCUT2D eigenvalue weighted by atomic mass is 9.99. The van der Waals surface area contributed by atoms with E-state index in [1.54, 1.807) is 28.9 Å². The summed E-state index contributed by atoms with van der Waals surface area (Å²) < 4.78 is 40.0. The minimum absolute atomic E-state index is 0. The highest BCUT2D eigenvalue weighted by Gasteiger charge is 2.17. The van der Waals surface area contributed by atoms with Gasteiger partial charge in [-0.15, -0.1) is 12.4 Å². The molecule has 1 fully saturated rings. The molecule has 0 saturated carbocycles. The molecule has 0 unspecified atom stereocenters. The van der Waals surface area contributed by atoms with Gasteiger partial charge in [0.05, 0.1) is 13.2 Å². The summed E-state index contributed by atoms with van der Waals surface area (Å²) in [6, 6.07) is 10.2. The van der Waals surface area contributed by atoms with Crippen LogP contribution in [0.2, 0.25) is 5.02 Å². The summed E-state index contributed by atoms with van der Waals surface area (Å²) in [5.41, 5.74) is 1.75. The molecule has 36 heavy (non-hydrogen) atoms. The van der Waals surface area contributed by atoms with Crippen molar-refractivity contribution in [2.24, 2.45) is 5.92 Å². The summed E-state index contributed by atoms with van der Waals surface area (Å²) in [5, 5.41) is 10.9. The van der Waals surface area contributed by atoms with E-state index in [1.807, 2.05) is 6.92 Å². The summed E-state index contributed by atoms with van der Waals surface area (Å²) in [6.45, 7) is 4.34. The SMILES string of the molecule is Cc1cc(NC(=O)OCC2CCNCC2)nn1Cc1cc(Cl)ccc1OCc1ccc(F)cc1F.Cl. The summed E-state index contributed by atoms with van der Waals surface area (Å²) >= 11 is 6.19. The number of amides is 1. The second-order valence-electron chi connectivity index (χ2n) is 8.52. The van der Waals surface area contributed by atoms with Crippen LogP contribution in [0.15, 0.2) is 42.5 Å². The lowest BCUT2D eigenvalue weighted by Crippen LogP contribution is -2.31. The summed E-state index contributed by atoms with van der Waals surface area (Å²) in [5.74, 6) is -0.0936. The highest BCUT2D eigenvalue weighted by Crippen LogP contribution is 2.26. The molecule has 0 bridgehead atoms. The van der Waals surface area contributed by atoms with Gasteiger partial charge in [0.15, 0.2) is 5.82 Å². The Labute approximate surface area is 219 Å². The molecule has 0 aliphatic carbocycles. The molecule has 1 aliphatic heterocycles. The van der Waals surface area contributed by atoms with Crippen molar-refractivity contribution >= 4 is 35.9 Å². The van der Waals surface area contributed by atoms with Crippen molar-refractivity contribution in [1.82, 2.24) is 15.1 Å². The predicted octanol–water partition coefficient (Wildman–Crippen LogP) is 5.72. The minimum Gasteiger partial charge on any atom is -0.488 e. The van der Waals surface area contributed by atoms with Crippen LogP contribution < -0.4 is 15.4 Å². The molecule has 7 nitrogen and oxygen atoms in total. The van der Waals surface area contributed by atoms with E-state index in [1.165, 1.54) is 12.1 Å². The third-order valence-electron chi connectivity index (χ3n) is 5.86. The largest absolute Gasteiger partial charge is 0.488 e. The number of carbonyl (C=O) groups excluding carboxylic acids is 1. The number of ether oxygens (including phenoxy) is 2. The van der Waals surface area contributed by atoms with Crippen LogP contribution in [0.4, 0.5) is 19.4 Å². The smallest absolute Gasteiger partial charge is 0.412 e. The van der Waals surface area contributed by atoms with Gasteiger partial charge < -0.3 is 14.8 Å². The number of piperidine rings is 1. The average Bonchev–Trinajstić information content (AvgIpc) is 3.17. The first-order chi connectivity index (χ1) is 16.9. The molecule has 2 N–H and O–H groups in total. The van der Waals surface area contributed by atoms with E-state index in [0.29, 0.717) is 41.2 Å². The molecule has 0 spiro atoms. The normalized spacial score (nSPS) is 13.7. The minimum atomic E-state index is -0.675. The third-order valence-corrected chi connectivity index (χ3v) is 6.10. The van der Waals surface area contributed by atoms with E-state index in [-0.39, 0.29) is 24.6 Å². The molecule has 1 aliphatic rings. The molecular formula is C25H28Cl2F2N4O3. The second kappa shape index (κ2) is 12.9. The van der Waals surface area contributed by atoms with Crippen molar-refractivity contribution in [3.63, 3.8) is 0 Å². The summed E-state index contributed by atoms with van der Waals surface area (Å²) in [6.07, 6.45) is 1.43. The Morgan fingerprint density at radius 2 is 1.94 bits per heavy atom. The first-order valence-electron chi connectivity index (χ1n) is 11.4. The van der Waals surface area contributed by atoms with Gasteiger partial charge in [-0.3, -0.25) is 10.00 Å². The van der Waals surface area contributed by atoms with Gasteiger partial charge in [0, 0.05) is 34.0 Å². The van der Waals surface area contributed by atoms with Gasteiger partial charge in [-0.2, -0.15) is 5.10 Å². The van der Waals surface area contributed by atoms with Crippen LogP contribution in [0, 0.1) is 24.5 Å². The number of nitrogens with one attached hydrogen (secondary N) is 2. The lowest BCUT2D eigenvalue weighted by molar-refractivity contribution is 0.130. The molecule has 194 valence electrons. The van der Waals surface area contributed by atoms with Crippen molar-refractivity contribution in [3.8, 4) is 5.75 Å². The van der Waals surface area contributed by atoms with Gasteiger partial charge in [-0.1, -0.05) is 11.6 Å². The van der Waals surface area contributed by atoms with E-state index in [0.717, 1.165) is 37.7 Å². The first-order valence-corrected chi connectivity index (χ1v) is 11.8. The van der Waals surface area contributed by atoms with Crippen LogP contribution in [-0.4, -0.2) is 35.6 Å². The third kappa shape index (κ3) is 7.56. The van der Waals surface area contributed by atoms with Gasteiger partial charge in [-0.25, -0.2) is 13.6 Å². The van der Waals surface area contributed by atoms with Crippen LogP contribution in [0.5, 0.6) is 5.75 Å². The molecule has 2 aromatic carbocycles. The molecule has 1 saturated heterocycles. The zero-order chi connectivity index (χ0) is 24.8. The Bertz CT molecular complexity index is 1190. The number of nitrogens with zero attached hydrogens (tertiary/aromatic N) is 2. The number of aromatic nitrogens is 2. The van der Waals surface area contributed by atoms with Gasteiger partial charge in [-0.05, 0) is 69.1 Å². The van der Waals surface area contributed by atoms with Crippen molar-refractivity contribution in [2.45, 2.75) is 32.9 Å². The maximum Gasteiger partial charge on any atom is 0.412 e. The number of benzene rings is 2. The summed E-state index contributed by atoms with van der Waals surface area (Å²) in [4.78, 5) is 12.2. The Balaban J connectivity index is 0.00000361. The average molecular weight is 541 g/mol. The van der Waals surface area contributed by atoms with E-state index in [2.05, 4.69) is 15.7 Å². The second-order valence-corrected chi connectivity index (χ2v) is 8.96. The number of aryl methyl sites for hydroxylation is 1. The number of halogens is 4. The van der Waals surface area contributed by atoms with E-state index in [9.17, 15) is 13.6 Å². The summed E-state index contributed by atoms with van der Waals surface area (Å²) in [7, 11) is 0. The van der Waals surface area contributed by atoms with Crippen LogP contribution in [0.1, 0.15) is 29.7 Å². The van der Waals surface area contributed by atoms with Crippen molar-refractivity contribution in [3.05, 3.63) is 75.9 Å². The highest BCUT2D eigenvalue weighted by atomic mass is 35.5. The van der Waals surface area contributed by atoms with Crippen molar-refractivity contribution < 1.29 is 23.0 Å². The Kier molecular flexibility index (Phi) is 9.92. The van der Waals surface area contributed by atoms with Crippen LogP contribution in [0.3, 0.4) is 0 Å². The van der Waals surface area contributed by atoms with Gasteiger partial charge in [0.2, 0.25) is 0 Å². The van der Waals surface area contributed by atoms with Crippen molar-refractivity contribution in [2.75, 3.05) is 25.0 Å². The van der Waals surface area contributed by atoms with E-state index >= 15 is 0 Å².